The van der Waals surface area contributed by atoms with Crippen molar-refractivity contribution in [3.8, 4) is 61.3 Å². The van der Waals surface area contributed by atoms with Crippen LogP contribution in [-0.2, 0) is 16.2 Å². The zero-order valence-corrected chi connectivity index (χ0v) is 59.1. The van der Waals surface area contributed by atoms with Crippen molar-refractivity contribution in [3.63, 3.8) is 0 Å². The molecule has 0 bridgehead atoms. The van der Waals surface area contributed by atoms with Crippen LogP contribution in [0.3, 0.4) is 0 Å². The average Bonchev–Trinajstić information content (AvgIpc) is 1.47. The van der Waals surface area contributed by atoms with Crippen molar-refractivity contribution in [2.75, 3.05) is 4.90 Å². The highest BCUT2D eigenvalue weighted by atomic mass is 16.3. The number of hydrogen-bond acceptors (Lipinski definition) is 2. The van der Waals surface area contributed by atoms with Crippen LogP contribution in [-0.4, -0.2) is 11.3 Å². The van der Waals surface area contributed by atoms with Gasteiger partial charge in [-0.25, -0.2) is 0 Å². The normalized spacial score (nSPS) is 13.1. The van der Waals surface area contributed by atoms with Gasteiger partial charge in [0.25, 0.3) is 6.71 Å². The van der Waals surface area contributed by atoms with E-state index < -0.39 is 0 Å². The van der Waals surface area contributed by atoms with Crippen LogP contribution in [0.5, 0.6) is 0 Å². The van der Waals surface area contributed by atoms with Crippen LogP contribution < -0.4 is 21.5 Å². The van der Waals surface area contributed by atoms with Crippen LogP contribution >= 0.6 is 0 Å². The molecule has 0 radical (unpaired) electrons. The lowest BCUT2D eigenvalue weighted by Gasteiger charge is -2.39. The lowest BCUT2D eigenvalue weighted by Crippen LogP contribution is -2.60. The number of benzene rings is 16. The van der Waals surface area contributed by atoms with Gasteiger partial charge in [0.2, 0.25) is 0 Å². The summed E-state index contributed by atoms with van der Waals surface area (Å²) in [5.41, 5.74) is 26.2. The number of nitrogens with zero attached hydrogens (tertiary/aromatic N) is 2. The Balaban J connectivity index is 1.03. The van der Waals surface area contributed by atoms with Crippen molar-refractivity contribution in [2.24, 2.45) is 0 Å². The third-order valence-electron chi connectivity index (χ3n) is 22.7. The molecule has 0 spiro atoms. The highest BCUT2D eigenvalue weighted by molar-refractivity contribution is 7.00. The van der Waals surface area contributed by atoms with E-state index in [1.807, 2.05) is 0 Å². The third kappa shape index (κ3) is 8.88. The number of aromatic nitrogens is 1. The van der Waals surface area contributed by atoms with Crippen molar-refractivity contribution >= 4 is 138 Å². The molecule has 4 heterocycles. The molecule has 0 saturated heterocycles. The van der Waals surface area contributed by atoms with E-state index >= 15 is 0 Å². The average molecular weight is 1310 g/mol. The van der Waals surface area contributed by atoms with Gasteiger partial charge in [-0.15, -0.1) is 0 Å². The summed E-state index contributed by atoms with van der Waals surface area (Å²) in [6.07, 6.45) is 0. The standard InChI is InChI=1S/C98H75BN2O/c1-96(2,3)64-43-41-61(42-44-64)76-56-66(46-48-81(76)98(7,8)9)100-84-53-63(87-77(59-29-15-11-16-30-59)51-62(58-27-13-10-14-28-58)52-78(87)60-31-17-12-18-32-60)54-85-92(84)99(95-93(100)80-55-65(97(4,5)6)45-50-86(80)102-95)82-57-79-72-38-22-20-34-68(72)70-36-24-26-40-74(70)89(79)91-90-83(101(85)94(82)91)49-47-75-71-37-21-19-33-67(71)69-35-23-25-39-73(69)88(75)90/h10-57H,1-9H3. The molecule has 0 aliphatic carbocycles. The number of rotatable bonds is 6. The largest absolute Gasteiger partial charge is 0.468 e. The van der Waals surface area contributed by atoms with Crippen LogP contribution in [0.25, 0.3) is 159 Å². The fourth-order valence-electron chi connectivity index (χ4n) is 18.0. The predicted octanol–water partition coefficient (Wildman–Crippen LogP) is 25.3. The van der Waals surface area contributed by atoms with Crippen LogP contribution in [0.2, 0.25) is 0 Å². The molecule has 18 aromatic rings. The smallest absolute Gasteiger partial charge is 0.297 e. The van der Waals surface area contributed by atoms with E-state index in [1.54, 1.807) is 0 Å². The first kappa shape index (κ1) is 60.3. The molecule has 486 valence electrons. The van der Waals surface area contributed by atoms with Crippen molar-refractivity contribution < 1.29 is 4.42 Å². The molecule has 0 fully saturated rings. The zero-order valence-electron chi connectivity index (χ0n) is 59.1. The summed E-state index contributed by atoms with van der Waals surface area (Å²) in [7, 11) is 0. The van der Waals surface area contributed by atoms with Crippen LogP contribution in [0, 0.1) is 0 Å². The lowest BCUT2D eigenvalue weighted by atomic mass is 9.35. The second kappa shape index (κ2) is 21.9. The summed E-state index contributed by atoms with van der Waals surface area (Å²) >= 11 is 0. The first-order chi connectivity index (χ1) is 49.5. The lowest BCUT2D eigenvalue weighted by molar-refractivity contribution is 0.589. The van der Waals surface area contributed by atoms with Gasteiger partial charge in [0.1, 0.15) is 5.58 Å². The Morgan fingerprint density at radius 2 is 0.794 bits per heavy atom. The summed E-state index contributed by atoms with van der Waals surface area (Å²) in [6.45, 7) is 20.6. The van der Waals surface area contributed by atoms with Gasteiger partial charge in [-0.3, -0.25) is 0 Å². The number of fused-ring (bicyclic) bond motifs is 23. The molecule has 16 aromatic carbocycles. The van der Waals surface area contributed by atoms with E-state index in [0.717, 1.165) is 72.8 Å². The summed E-state index contributed by atoms with van der Waals surface area (Å²) in [5.74, 6) is 0. The van der Waals surface area contributed by atoms with Gasteiger partial charge in [0.15, 0.2) is 0 Å². The molecule has 0 saturated carbocycles. The maximum atomic E-state index is 7.94. The number of hydrogen-bond donors (Lipinski definition) is 0. The maximum Gasteiger partial charge on any atom is 0.297 e. The first-order valence-corrected chi connectivity index (χ1v) is 36.3. The third-order valence-corrected chi connectivity index (χ3v) is 22.7. The SMILES string of the molecule is CC(C)(C)c1ccc(-c2cc(N3c4cc(-c5c(-c6ccccc6)cc(-c6ccccc6)cc5-c5ccccc5)cc5c4B(c4oc6ccc(C(C)(C)C)cc6c43)c3cc4c6ccccc6c6ccccc6c4c4c6c7c8ccccc8c8ccccc8c7ccc6n-5c34)ccc2C(C)(C)C)cc1. The Bertz CT molecular complexity index is 6500. The van der Waals surface area contributed by atoms with Gasteiger partial charge in [0.05, 0.1) is 22.4 Å². The second-order valence-corrected chi connectivity index (χ2v) is 31.8. The van der Waals surface area contributed by atoms with Crippen molar-refractivity contribution in [2.45, 2.75) is 78.6 Å². The van der Waals surface area contributed by atoms with E-state index in [-0.39, 0.29) is 23.0 Å². The minimum Gasteiger partial charge on any atom is -0.468 e. The van der Waals surface area contributed by atoms with Crippen LogP contribution in [0.1, 0.15) is 79.0 Å². The summed E-state index contributed by atoms with van der Waals surface area (Å²) in [5, 5.41) is 18.6. The first-order valence-electron chi connectivity index (χ1n) is 36.3. The van der Waals surface area contributed by atoms with Gasteiger partial charge in [-0.1, -0.05) is 299 Å². The molecule has 4 heteroatoms. The Hall–Kier alpha value is -11.7. The van der Waals surface area contributed by atoms with Crippen molar-refractivity contribution in [1.82, 2.24) is 4.57 Å². The molecule has 102 heavy (non-hydrogen) atoms. The molecular weight excluding hydrogens is 1230 g/mol. The molecular formula is C98H75BN2O. The Morgan fingerprint density at radius 1 is 0.314 bits per heavy atom. The van der Waals surface area contributed by atoms with Crippen molar-refractivity contribution in [3.05, 3.63) is 308 Å². The molecule has 20 rings (SSSR count). The van der Waals surface area contributed by atoms with Crippen molar-refractivity contribution in [1.29, 1.82) is 0 Å². The molecule has 2 aromatic heterocycles. The highest BCUT2D eigenvalue weighted by Gasteiger charge is 2.47. The van der Waals surface area contributed by atoms with Crippen LogP contribution in [0.15, 0.2) is 296 Å². The van der Waals surface area contributed by atoms with Gasteiger partial charge >= 0.3 is 0 Å². The highest BCUT2D eigenvalue weighted by Crippen LogP contribution is 2.54. The summed E-state index contributed by atoms with van der Waals surface area (Å²) < 4.78 is 10.7. The number of furan rings is 1. The van der Waals surface area contributed by atoms with E-state index in [0.29, 0.717) is 0 Å². The second-order valence-electron chi connectivity index (χ2n) is 31.8. The summed E-state index contributed by atoms with van der Waals surface area (Å²) in [4.78, 5) is 2.64. The van der Waals surface area contributed by atoms with Gasteiger partial charge in [-0.2, -0.15) is 0 Å². The topological polar surface area (TPSA) is 21.3 Å². The quantitative estimate of drug-likeness (QED) is 0.122. The van der Waals surface area contributed by atoms with E-state index in [4.69, 9.17) is 4.42 Å². The molecule has 2 aliphatic rings. The van der Waals surface area contributed by atoms with Gasteiger partial charge in [-0.05, 0) is 208 Å². The molecule has 2 aliphatic heterocycles. The molecule has 0 unspecified atom stereocenters. The maximum absolute atomic E-state index is 7.94. The fraction of sp³-hybridized carbons (Fsp3) is 0.122. The molecule has 3 nitrogen and oxygen atoms in total. The van der Waals surface area contributed by atoms with Gasteiger partial charge < -0.3 is 13.9 Å². The van der Waals surface area contributed by atoms with E-state index in [1.165, 1.54) is 136 Å². The van der Waals surface area contributed by atoms with E-state index in [2.05, 4.69) is 363 Å². The predicted molar refractivity (Wildman–Crippen MR) is 438 cm³/mol. The minimum absolute atomic E-state index is 0.00731. The Labute approximate surface area is 595 Å². The number of anilines is 3. The molecule has 0 atom stereocenters. The fourth-order valence-corrected chi connectivity index (χ4v) is 18.0. The monoisotopic (exact) mass is 1310 g/mol. The Kier molecular flexibility index (Phi) is 12.9. The minimum atomic E-state index is -0.362. The molecule has 0 N–H and O–H groups in total. The van der Waals surface area contributed by atoms with Gasteiger partial charge in [0, 0.05) is 44.0 Å². The Morgan fingerprint density at radius 3 is 1.35 bits per heavy atom. The molecule has 0 amide bonds. The van der Waals surface area contributed by atoms with E-state index in [9.17, 15) is 0 Å². The van der Waals surface area contributed by atoms with Crippen LogP contribution in [0.4, 0.5) is 17.1 Å². The summed E-state index contributed by atoms with van der Waals surface area (Å²) in [6, 6.07) is 111. The zero-order chi connectivity index (χ0) is 68.8.